The summed E-state index contributed by atoms with van der Waals surface area (Å²) in [6, 6.07) is 9.22. The Labute approximate surface area is 198 Å². The van der Waals surface area contributed by atoms with E-state index in [0.717, 1.165) is 34.8 Å². The van der Waals surface area contributed by atoms with Crippen LogP contribution in [0, 0.1) is 0 Å². The van der Waals surface area contributed by atoms with E-state index in [0.29, 0.717) is 6.54 Å². The highest BCUT2D eigenvalue weighted by Crippen LogP contribution is 2.10. The molecule has 0 saturated heterocycles. The minimum Gasteiger partial charge on any atom is -0.443 e. The SMILES string of the molecule is CCCCCCCCCCCCNC(=O)CN(C(=O)CN)N(C)C(=O)OCc1ccccc1. The lowest BCUT2D eigenvalue weighted by atomic mass is 10.1. The van der Waals surface area contributed by atoms with E-state index in [4.69, 9.17) is 10.5 Å². The topological polar surface area (TPSA) is 105 Å². The highest BCUT2D eigenvalue weighted by molar-refractivity contribution is 5.86. The first-order valence-electron chi connectivity index (χ1n) is 12.2. The second-order valence-corrected chi connectivity index (χ2v) is 8.25. The first-order chi connectivity index (χ1) is 16.0. The molecule has 0 unspecified atom stereocenters. The largest absolute Gasteiger partial charge is 0.443 e. The average Bonchev–Trinajstić information content (AvgIpc) is 2.84. The Balaban J connectivity index is 2.28. The van der Waals surface area contributed by atoms with Gasteiger partial charge in [-0.05, 0) is 12.0 Å². The summed E-state index contributed by atoms with van der Waals surface area (Å²) in [5.41, 5.74) is 6.29. The van der Waals surface area contributed by atoms with Gasteiger partial charge in [0.05, 0.1) is 6.54 Å². The summed E-state index contributed by atoms with van der Waals surface area (Å²) < 4.78 is 5.24. The van der Waals surface area contributed by atoms with Crippen molar-refractivity contribution in [1.29, 1.82) is 0 Å². The van der Waals surface area contributed by atoms with Gasteiger partial charge in [-0.15, -0.1) is 0 Å². The van der Waals surface area contributed by atoms with Gasteiger partial charge in [-0.25, -0.2) is 14.8 Å². The maximum absolute atomic E-state index is 12.4. The Bertz CT molecular complexity index is 684. The van der Waals surface area contributed by atoms with Crippen molar-refractivity contribution in [1.82, 2.24) is 15.3 Å². The van der Waals surface area contributed by atoms with E-state index in [9.17, 15) is 14.4 Å². The normalized spacial score (nSPS) is 10.5. The molecule has 1 rings (SSSR count). The van der Waals surface area contributed by atoms with E-state index in [1.54, 1.807) is 0 Å². The second kappa shape index (κ2) is 17.9. The lowest BCUT2D eigenvalue weighted by Gasteiger charge is -2.30. The average molecular weight is 463 g/mol. The number of carbonyl (C=O) groups is 3. The summed E-state index contributed by atoms with van der Waals surface area (Å²) in [7, 11) is 1.39. The smallest absolute Gasteiger partial charge is 0.428 e. The fourth-order valence-electron chi connectivity index (χ4n) is 3.41. The number of nitrogens with one attached hydrogen (secondary N) is 1. The third kappa shape index (κ3) is 12.9. The predicted molar refractivity (Wildman–Crippen MR) is 130 cm³/mol. The lowest BCUT2D eigenvalue weighted by molar-refractivity contribution is -0.147. The Kier molecular flexibility index (Phi) is 15.4. The van der Waals surface area contributed by atoms with Crippen molar-refractivity contribution >= 4 is 17.9 Å². The first-order valence-corrected chi connectivity index (χ1v) is 12.2. The lowest BCUT2D eigenvalue weighted by Crippen LogP contribution is -2.53. The van der Waals surface area contributed by atoms with Crippen LogP contribution >= 0.6 is 0 Å². The molecule has 0 radical (unpaired) electrons. The molecule has 3 N–H and O–H groups in total. The number of ether oxygens (including phenoxy) is 1. The molecule has 0 fully saturated rings. The molecule has 0 saturated carbocycles. The van der Waals surface area contributed by atoms with Gasteiger partial charge < -0.3 is 15.8 Å². The van der Waals surface area contributed by atoms with Crippen LogP contribution in [-0.2, 0) is 20.9 Å². The summed E-state index contributed by atoms with van der Waals surface area (Å²) in [4.78, 5) is 36.9. The van der Waals surface area contributed by atoms with Crippen LogP contribution in [0.5, 0.6) is 0 Å². The molecule has 3 amide bonds. The van der Waals surface area contributed by atoms with Crippen LogP contribution in [0.25, 0.3) is 0 Å². The van der Waals surface area contributed by atoms with Crippen molar-refractivity contribution in [3.8, 4) is 0 Å². The van der Waals surface area contributed by atoms with Gasteiger partial charge in [-0.1, -0.05) is 95.0 Å². The molecule has 1 aromatic carbocycles. The molecule has 1 aromatic rings. The van der Waals surface area contributed by atoms with E-state index in [1.165, 1.54) is 52.0 Å². The van der Waals surface area contributed by atoms with Gasteiger partial charge in [0, 0.05) is 13.6 Å². The molecule has 8 nitrogen and oxygen atoms in total. The van der Waals surface area contributed by atoms with Crippen molar-refractivity contribution in [2.75, 3.05) is 26.7 Å². The summed E-state index contributed by atoms with van der Waals surface area (Å²) >= 11 is 0. The zero-order valence-electron chi connectivity index (χ0n) is 20.4. The number of hydrogen-bond donors (Lipinski definition) is 2. The van der Waals surface area contributed by atoms with Crippen molar-refractivity contribution in [2.45, 2.75) is 77.7 Å². The second-order valence-electron chi connectivity index (χ2n) is 8.25. The number of carbonyl (C=O) groups excluding carboxylic acids is 3. The van der Waals surface area contributed by atoms with E-state index < -0.39 is 12.0 Å². The fraction of sp³-hybridized carbons (Fsp3) is 0.640. The van der Waals surface area contributed by atoms with Gasteiger partial charge in [-0.2, -0.15) is 0 Å². The molecular weight excluding hydrogens is 420 g/mol. The minimum atomic E-state index is -0.733. The quantitative estimate of drug-likeness (QED) is 0.285. The Hall–Kier alpha value is -2.61. The highest BCUT2D eigenvalue weighted by atomic mass is 16.6. The Morgan fingerprint density at radius 3 is 2.06 bits per heavy atom. The predicted octanol–water partition coefficient (Wildman–Crippen LogP) is 3.99. The minimum absolute atomic E-state index is 0.0691. The maximum atomic E-state index is 12.4. The van der Waals surface area contributed by atoms with E-state index >= 15 is 0 Å². The Morgan fingerprint density at radius 2 is 1.48 bits per heavy atom. The third-order valence-electron chi connectivity index (χ3n) is 5.44. The number of nitrogens with two attached hydrogens (primary N) is 1. The third-order valence-corrected chi connectivity index (χ3v) is 5.44. The molecule has 0 spiro atoms. The molecule has 0 aliphatic rings. The number of nitrogens with zero attached hydrogens (tertiary/aromatic N) is 2. The molecule has 0 aromatic heterocycles. The fourth-order valence-corrected chi connectivity index (χ4v) is 3.41. The van der Waals surface area contributed by atoms with Crippen molar-refractivity contribution < 1.29 is 19.1 Å². The number of benzene rings is 1. The molecular formula is C25H42N4O4. The molecule has 0 bridgehead atoms. The van der Waals surface area contributed by atoms with Crippen LogP contribution in [0.1, 0.15) is 76.7 Å². The number of rotatable bonds is 16. The molecule has 0 atom stereocenters. The zero-order chi connectivity index (χ0) is 24.3. The molecule has 8 heteroatoms. The molecule has 0 aliphatic heterocycles. The van der Waals surface area contributed by atoms with Crippen LogP contribution in [0.2, 0.25) is 0 Å². The van der Waals surface area contributed by atoms with Gasteiger partial charge in [-0.3, -0.25) is 9.59 Å². The summed E-state index contributed by atoms with van der Waals surface area (Å²) in [5.74, 6) is -0.876. The van der Waals surface area contributed by atoms with Gasteiger partial charge in [0.1, 0.15) is 13.2 Å². The monoisotopic (exact) mass is 462 g/mol. The Morgan fingerprint density at radius 1 is 0.909 bits per heavy atom. The van der Waals surface area contributed by atoms with Crippen molar-refractivity contribution in [2.24, 2.45) is 5.73 Å². The molecule has 0 heterocycles. The number of unbranched alkanes of at least 4 members (excludes halogenated alkanes) is 9. The van der Waals surface area contributed by atoms with Crippen LogP contribution in [0.4, 0.5) is 4.79 Å². The van der Waals surface area contributed by atoms with E-state index in [2.05, 4.69) is 12.2 Å². The van der Waals surface area contributed by atoms with Crippen molar-refractivity contribution in [3.63, 3.8) is 0 Å². The summed E-state index contributed by atoms with van der Waals surface area (Å²) in [5, 5.41) is 4.83. The maximum Gasteiger partial charge on any atom is 0.428 e. The molecule has 33 heavy (non-hydrogen) atoms. The summed E-state index contributed by atoms with van der Waals surface area (Å²) in [6.07, 6.45) is 11.5. The summed E-state index contributed by atoms with van der Waals surface area (Å²) in [6.45, 7) is 2.24. The van der Waals surface area contributed by atoms with Crippen LogP contribution in [-0.4, -0.2) is 54.6 Å². The molecule has 186 valence electrons. The van der Waals surface area contributed by atoms with Crippen LogP contribution < -0.4 is 11.1 Å². The number of amides is 3. The van der Waals surface area contributed by atoms with Crippen molar-refractivity contribution in [3.05, 3.63) is 35.9 Å². The first kappa shape index (κ1) is 28.4. The zero-order valence-corrected chi connectivity index (χ0v) is 20.4. The van der Waals surface area contributed by atoms with Gasteiger partial charge in [0.25, 0.3) is 5.91 Å². The standard InChI is InChI=1S/C25H42N4O4/c1-3-4-5-6-7-8-9-10-11-15-18-27-23(30)20-29(24(31)19-26)28(2)25(32)33-21-22-16-13-12-14-17-22/h12-14,16-17H,3-11,15,18-21,26H2,1-2H3,(H,27,30). The highest BCUT2D eigenvalue weighted by Gasteiger charge is 2.25. The van der Waals surface area contributed by atoms with E-state index in [-0.39, 0.29) is 25.6 Å². The number of hydrogen-bond acceptors (Lipinski definition) is 5. The van der Waals surface area contributed by atoms with Gasteiger partial charge in [0.2, 0.25) is 5.91 Å². The van der Waals surface area contributed by atoms with Gasteiger partial charge >= 0.3 is 6.09 Å². The van der Waals surface area contributed by atoms with Crippen LogP contribution in [0.15, 0.2) is 30.3 Å². The van der Waals surface area contributed by atoms with Gasteiger partial charge in [0.15, 0.2) is 0 Å². The molecule has 0 aliphatic carbocycles. The van der Waals surface area contributed by atoms with Crippen LogP contribution in [0.3, 0.4) is 0 Å². The number of hydrazine groups is 1. The van der Waals surface area contributed by atoms with E-state index in [1.807, 2.05) is 30.3 Å².